The first kappa shape index (κ1) is 11.0. The van der Waals surface area contributed by atoms with E-state index < -0.39 is 0 Å². The third-order valence-corrected chi connectivity index (χ3v) is 3.05. The zero-order chi connectivity index (χ0) is 11.5. The molecule has 0 spiro atoms. The molecule has 1 heterocycles. The van der Waals surface area contributed by atoms with Crippen LogP contribution in [-0.2, 0) is 4.79 Å². The Hall–Kier alpha value is -1.51. The van der Waals surface area contributed by atoms with E-state index in [0.717, 1.165) is 11.3 Å². The number of fused-ring (bicyclic) bond motifs is 1. The molecule has 1 atom stereocenters. The number of ether oxygens (including phenoxy) is 1. The first-order chi connectivity index (χ1) is 7.74. The monoisotopic (exact) mass is 219 g/mol. The second kappa shape index (κ2) is 4.56. The van der Waals surface area contributed by atoms with Gasteiger partial charge in [0, 0.05) is 12.0 Å². The largest absolute Gasteiger partial charge is 0.491 e. The predicted octanol–water partition coefficient (Wildman–Crippen LogP) is 2.38. The first-order valence-corrected chi connectivity index (χ1v) is 5.75. The summed E-state index contributed by atoms with van der Waals surface area (Å²) in [7, 11) is 0. The van der Waals surface area contributed by atoms with Crippen LogP contribution in [0.15, 0.2) is 24.3 Å². The normalized spacial score (nSPS) is 19.6. The summed E-state index contributed by atoms with van der Waals surface area (Å²) in [5, 5.41) is 0. The van der Waals surface area contributed by atoms with Gasteiger partial charge in [-0.2, -0.15) is 0 Å². The topological polar surface area (TPSA) is 29.5 Å². The summed E-state index contributed by atoms with van der Waals surface area (Å²) in [4.78, 5) is 13.7. The van der Waals surface area contributed by atoms with Crippen LogP contribution in [0.2, 0.25) is 0 Å². The highest BCUT2D eigenvalue weighted by atomic mass is 16.5. The minimum atomic E-state index is 0.103. The van der Waals surface area contributed by atoms with E-state index in [4.69, 9.17) is 4.74 Å². The van der Waals surface area contributed by atoms with Gasteiger partial charge in [-0.25, -0.2) is 0 Å². The summed E-state index contributed by atoms with van der Waals surface area (Å²) >= 11 is 0. The molecule has 0 saturated heterocycles. The van der Waals surface area contributed by atoms with Gasteiger partial charge in [0.2, 0.25) is 5.91 Å². The van der Waals surface area contributed by atoms with Crippen molar-refractivity contribution in [2.75, 3.05) is 13.2 Å². The number of hydrogen-bond donors (Lipinski definition) is 0. The number of nitrogens with zero attached hydrogens (tertiary/aromatic N) is 1. The summed E-state index contributed by atoms with van der Waals surface area (Å²) in [5.41, 5.74) is 1.10. The van der Waals surface area contributed by atoms with E-state index in [2.05, 4.69) is 6.92 Å². The fourth-order valence-corrected chi connectivity index (χ4v) is 2.12. The van der Waals surface area contributed by atoms with E-state index in [1.165, 1.54) is 0 Å². The molecular formula is C13H17NO2. The van der Waals surface area contributed by atoms with Crippen molar-refractivity contribution < 1.29 is 9.53 Å². The van der Waals surface area contributed by atoms with E-state index in [1.807, 2.05) is 36.1 Å². The van der Waals surface area contributed by atoms with E-state index in [1.54, 1.807) is 0 Å². The molecule has 3 nitrogen and oxygen atoms in total. The van der Waals surface area contributed by atoms with Gasteiger partial charge in [-0.15, -0.1) is 0 Å². The van der Waals surface area contributed by atoms with Gasteiger partial charge in [0.1, 0.15) is 12.4 Å². The number of para-hydroxylation sites is 1. The number of amides is 1. The highest BCUT2D eigenvalue weighted by Gasteiger charge is 2.25. The molecule has 1 aliphatic heterocycles. The van der Waals surface area contributed by atoms with Crippen LogP contribution in [0.4, 0.5) is 0 Å². The molecule has 0 aromatic heterocycles. The molecule has 0 fully saturated rings. The lowest BCUT2D eigenvalue weighted by atomic mass is 10.1. The number of carbonyl (C=O) groups is 1. The molecule has 1 aliphatic rings. The Kier molecular flexibility index (Phi) is 3.13. The third kappa shape index (κ3) is 1.90. The molecule has 0 aliphatic carbocycles. The number of hydrogen-bond acceptors (Lipinski definition) is 2. The highest BCUT2D eigenvalue weighted by molar-refractivity contribution is 5.76. The maximum atomic E-state index is 11.8. The Bertz CT molecular complexity index is 389. The van der Waals surface area contributed by atoms with Gasteiger partial charge in [-0.05, 0) is 13.0 Å². The Labute approximate surface area is 96.0 Å². The van der Waals surface area contributed by atoms with E-state index in [-0.39, 0.29) is 11.9 Å². The van der Waals surface area contributed by atoms with Crippen LogP contribution in [0.3, 0.4) is 0 Å². The second-order valence-electron chi connectivity index (χ2n) is 4.00. The smallest absolute Gasteiger partial charge is 0.222 e. The summed E-state index contributed by atoms with van der Waals surface area (Å²) in [5.74, 6) is 1.09. The molecule has 0 bridgehead atoms. The lowest BCUT2D eigenvalue weighted by Crippen LogP contribution is -2.34. The van der Waals surface area contributed by atoms with Crippen molar-refractivity contribution >= 4 is 5.91 Å². The molecule has 0 N–H and O–H groups in total. The van der Waals surface area contributed by atoms with Gasteiger partial charge in [-0.3, -0.25) is 4.79 Å². The zero-order valence-electron chi connectivity index (χ0n) is 9.77. The first-order valence-electron chi connectivity index (χ1n) is 5.75. The zero-order valence-corrected chi connectivity index (χ0v) is 9.77. The fourth-order valence-electron chi connectivity index (χ4n) is 2.12. The summed E-state index contributed by atoms with van der Waals surface area (Å²) in [6.45, 7) is 5.20. The number of benzene rings is 1. The van der Waals surface area contributed by atoms with Gasteiger partial charge in [0.15, 0.2) is 0 Å². The molecule has 1 aromatic rings. The lowest BCUT2D eigenvalue weighted by molar-refractivity contribution is -0.133. The van der Waals surface area contributed by atoms with E-state index in [0.29, 0.717) is 19.6 Å². The van der Waals surface area contributed by atoms with E-state index in [9.17, 15) is 4.79 Å². The van der Waals surface area contributed by atoms with E-state index >= 15 is 0 Å². The minimum absolute atomic E-state index is 0.103. The molecule has 2 rings (SSSR count). The fraction of sp³-hybridized carbons (Fsp3) is 0.462. The van der Waals surface area contributed by atoms with Gasteiger partial charge in [0.25, 0.3) is 0 Å². The third-order valence-electron chi connectivity index (χ3n) is 3.05. The number of carbonyl (C=O) groups excluding carboxylic acids is 1. The van der Waals surface area contributed by atoms with Crippen molar-refractivity contribution in [2.45, 2.75) is 26.3 Å². The molecule has 16 heavy (non-hydrogen) atoms. The Morgan fingerprint density at radius 1 is 1.50 bits per heavy atom. The Balaban J connectivity index is 2.33. The molecule has 1 amide bonds. The SMILES string of the molecule is CCC(=O)N1CCOc2ccccc2C1C. The lowest BCUT2D eigenvalue weighted by Gasteiger charge is -2.26. The Morgan fingerprint density at radius 2 is 2.25 bits per heavy atom. The van der Waals surface area contributed by atoms with Crippen molar-refractivity contribution in [1.29, 1.82) is 0 Å². The summed E-state index contributed by atoms with van der Waals surface area (Å²) < 4.78 is 5.65. The average molecular weight is 219 g/mol. The van der Waals surface area contributed by atoms with Crippen LogP contribution in [-0.4, -0.2) is 24.0 Å². The molecule has 3 heteroatoms. The van der Waals surface area contributed by atoms with Crippen molar-refractivity contribution in [3.05, 3.63) is 29.8 Å². The molecule has 1 unspecified atom stereocenters. The van der Waals surface area contributed by atoms with Gasteiger partial charge < -0.3 is 9.64 Å². The Morgan fingerprint density at radius 3 is 3.00 bits per heavy atom. The van der Waals surface area contributed by atoms with Crippen molar-refractivity contribution in [3.8, 4) is 5.75 Å². The highest BCUT2D eigenvalue weighted by Crippen LogP contribution is 2.31. The van der Waals surface area contributed by atoms with Crippen LogP contribution in [0.25, 0.3) is 0 Å². The summed E-state index contributed by atoms with van der Waals surface area (Å²) in [6, 6.07) is 8.04. The summed E-state index contributed by atoms with van der Waals surface area (Å²) in [6.07, 6.45) is 0.548. The van der Waals surface area contributed by atoms with Gasteiger partial charge >= 0.3 is 0 Å². The second-order valence-corrected chi connectivity index (χ2v) is 4.00. The minimum Gasteiger partial charge on any atom is -0.491 e. The van der Waals surface area contributed by atoms with Crippen LogP contribution in [0, 0.1) is 0 Å². The molecule has 86 valence electrons. The molecule has 0 radical (unpaired) electrons. The van der Waals surface area contributed by atoms with Crippen molar-refractivity contribution in [1.82, 2.24) is 4.90 Å². The number of rotatable bonds is 1. The van der Waals surface area contributed by atoms with Crippen molar-refractivity contribution in [2.24, 2.45) is 0 Å². The average Bonchev–Trinajstić information content (AvgIpc) is 2.49. The maximum Gasteiger partial charge on any atom is 0.222 e. The maximum absolute atomic E-state index is 11.8. The molecule has 0 saturated carbocycles. The molecule has 1 aromatic carbocycles. The van der Waals surface area contributed by atoms with Crippen LogP contribution >= 0.6 is 0 Å². The predicted molar refractivity (Wildman–Crippen MR) is 62.4 cm³/mol. The quantitative estimate of drug-likeness (QED) is 0.725. The van der Waals surface area contributed by atoms with Crippen LogP contribution in [0.1, 0.15) is 31.9 Å². The van der Waals surface area contributed by atoms with Gasteiger partial charge in [0.05, 0.1) is 12.6 Å². The van der Waals surface area contributed by atoms with Crippen LogP contribution < -0.4 is 4.74 Å². The molecular weight excluding hydrogens is 202 g/mol. The van der Waals surface area contributed by atoms with Crippen LogP contribution in [0.5, 0.6) is 5.75 Å². The standard InChI is InChI=1S/C13H17NO2/c1-3-13(15)14-8-9-16-12-7-5-4-6-11(12)10(14)2/h4-7,10H,3,8-9H2,1-2H3. The van der Waals surface area contributed by atoms with Crippen molar-refractivity contribution in [3.63, 3.8) is 0 Å². The van der Waals surface area contributed by atoms with Gasteiger partial charge in [-0.1, -0.05) is 25.1 Å².